The summed E-state index contributed by atoms with van der Waals surface area (Å²) in [5, 5.41) is 9.68. The number of hydrogen-bond donors (Lipinski definition) is 1. The van der Waals surface area contributed by atoms with E-state index in [4.69, 9.17) is 9.47 Å². The molecule has 0 amide bonds. The van der Waals surface area contributed by atoms with Crippen LogP contribution < -0.4 is 0 Å². The molecule has 0 aliphatic carbocycles. The Balaban J connectivity index is 3.68. The van der Waals surface area contributed by atoms with Gasteiger partial charge in [-0.05, 0) is 154 Å². The van der Waals surface area contributed by atoms with E-state index < -0.39 is 6.10 Å². The van der Waals surface area contributed by atoms with Crippen LogP contribution in [0.25, 0.3) is 0 Å². The van der Waals surface area contributed by atoms with Crippen LogP contribution in [0.1, 0.15) is 232 Å². The predicted octanol–water partition coefficient (Wildman–Crippen LogP) is 22.7. The Labute approximate surface area is 503 Å². The van der Waals surface area contributed by atoms with Gasteiger partial charge in [-0.3, -0.25) is 9.59 Å². The maximum Gasteiger partial charge on any atom is 0.306 e. The molecule has 0 radical (unpaired) electrons. The lowest BCUT2D eigenvalue weighted by molar-refractivity contribution is -0.161. The highest BCUT2D eigenvalue weighted by atomic mass is 16.6. The summed E-state index contributed by atoms with van der Waals surface area (Å²) in [6.07, 6.45) is 114. The van der Waals surface area contributed by atoms with Crippen LogP contribution in [0.5, 0.6) is 0 Å². The molecule has 0 heterocycles. The number of rotatable bonds is 56. The normalized spacial score (nSPS) is 13.7. The van der Waals surface area contributed by atoms with Crippen LogP contribution in [-0.2, 0) is 19.1 Å². The molecule has 454 valence electrons. The fraction of sp³-hybridized carbons (Fsp3) is 0.506. The number of carbonyl (C=O) groups excluding carboxylic acids is 2. The van der Waals surface area contributed by atoms with Gasteiger partial charge in [0.15, 0.2) is 6.10 Å². The van der Waals surface area contributed by atoms with Gasteiger partial charge in [-0.2, -0.15) is 0 Å². The van der Waals surface area contributed by atoms with Gasteiger partial charge in [-0.25, -0.2) is 0 Å². The molecule has 0 fully saturated rings. The molecular weight excluding hydrogens is 1000 g/mol. The summed E-state index contributed by atoms with van der Waals surface area (Å²) < 4.78 is 10.7. The number of ether oxygens (including phenoxy) is 2. The first-order valence-electron chi connectivity index (χ1n) is 32.3. The molecule has 0 saturated carbocycles. The van der Waals surface area contributed by atoms with E-state index in [1.807, 2.05) is 0 Å². The van der Waals surface area contributed by atoms with Gasteiger partial charge in [0.05, 0.1) is 6.61 Å². The molecule has 0 aliphatic heterocycles. The van der Waals surface area contributed by atoms with Gasteiger partial charge in [-0.1, -0.05) is 284 Å². The molecule has 0 aromatic carbocycles. The van der Waals surface area contributed by atoms with E-state index in [9.17, 15) is 14.7 Å². The summed E-state index contributed by atoms with van der Waals surface area (Å²) >= 11 is 0. The number of esters is 2. The zero-order valence-corrected chi connectivity index (χ0v) is 51.9. The molecule has 1 unspecified atom stereocenters. The second-order valence-electron chi connectivity index (χ2n) is 20.4. The number of allylic oxidation sites excluding steroid dienone is 36. The maximum atomic E-state index is 12.3. The zero-order valence-electron chi connectivity index (χ0n) is 51.9. The predicted molar refractivity (Wildman–Crippen MR) is 361 cm³/mol. The second-order valence-corrected chi connectivity index (χ2v) is 20.4. The summed E-state index contributed by atoms with van der Waals surface area (Å²) in [7, 11) is 0. The maximum absolute atomic E-state index is 12.3. The molecular formula is C77H116O5. The average molecular weight is 1120 g/mol. The third-order valence-corrected chi connectivity index (χ3v) is 12.8. The van der Waals surface area contributed by atoms with E-state index in [1.54, 1.807) is 0 Å². The SMILES string of the molecule is CC/C=C\C/C=C\C/C=C\C/C=C\C/C=C\C/C=C\C/C=C\C/C=C\C/C=C\C/C=C\CCCCC(=O)OC(CO)COC(=O)CCCCCCCCCCCC/C=C\C/C=C\C/C=C\C/C=C\C/C=C\C/C=C\C/C=C\C/C=C\CC. The van der Waals surface area contributed by atoms with Crippen molar-refractivity contribution in [1.29, 1.82) is 0 Å². The first-order valence-corrected chi connectivity index (χ1v) is 32.3. The lowest BCUT2D eigenvalue weighted by Crippen LogP contribution is -2.28. The molecule has 5 heteroatoms. The van der Waals surface area contributed by atoms with Crippen LogP contribution in [0, 0.1) is 0 Å². The van der Waals surface area contributed by atoms with Crippen LogP contribution in [0.3, 0.4) is 0 Å². The third-order valence-electron chi connectivity index (χ3n) is 12.8. The van der Waals surface area contributed by atoms with Gasteiger partial charge >= 0.3 is 11.9 Å². The van der Waals surface area contributed by atoms with E-state index in [-0.39, 0.29) is 31.6 Å². The highest BCUT2D eigenvalue weighted by Crippen LogP contribution is 2.13. The Kier molecular flexibility index (Phi) is 64.6. The monoisotopic (exact) mass is 1120 g/mol. The van der Waals surface area contributed by atoms with Crippen molar-refractivity contribution in [3.8, 4) is 0 Å². The molecule has 0 bridgehead atoms. The van der Waals surface area contributed by atoms with E-state index in [0.717, 1.165) is 148 Å². The molecule has 0 aromatic rings. The Morgan fingerprint density at radius 2 is 0.488 bits per heavy atom. The van der Waals surface area contributed by atoms with Crippen LogP contribution in [0.2, 0.25) is 0 Å². The van der Waals surface area contributed by atoms with Crippen LogP contribution in [0.15, 0.2) is 219 Å². The lowest BCUT2D eigenvalue weighted by atomic mass is 10.1. The van der Waals surface area contributed by atoms with Gasteiger partial charge in [0.2, 0.25) is 0 Å². The van der Waals surface area contributed by atoms with Crippen molar-refractivity contribution in [3.63, 3.8) is 0 Å². The van der Waals surface area contributed by atoms with E-state index >= 15 is 0 Å². The largest absolute Gasteiger partial charge is 0.462 e. The van der Waals surface area contributed by atoms with Crippen molar-refractivity contribution in [3.05, 3.63) is 219 Å². The molecule has 0 aromatic heterocycles. The highest BCUT2D eigenvalue weighted by Gasteiger charge is 2.16. The number of aliphatic hydroxyl groups excluding tert-OH is 1. The van der Waals surface area contributed by atoms with Gasteiger partial charge in [0, 0.05) is 12.8 Å². The van der Waals surface area contributed by atoms with Crippen molar-refractivity contribution in [2.45, 2.75) is 238 Å². The van der Waals surface area contributed by atoms with Gasteiger partial charge in [-0.15, -0.1) is 0 Å². The number of hydrogen-bond acceptors (Lipinski definition) is 5. The van der Waals surface area contributed by atoms with Crippen molar-refractivity contribution >= 4 is 11.9 Å². The summed E-state index contributed by atoms with van der Waals surface area (Å²) in [5.74, 6) is -0.664. The molecule has 82 heavy (non-hydrogen) atoms. The third kappa shape index (κ3) is 66.7. The molecule has 0 spiro atoms. The van der Waals surface area contributed by atoms with Crippen molar-refractivity contribution < 1.29 is 24.2 Å². The molecule has 0 saturated heterocycles. The van der Waals surface area contributed by atoms with Crippen LogP contribution in [-0.4, -0.2) is 36.4 Å². The minimum Gasteiger partial charge on any atom is -0.462 e. The molecule has 1 N–H and O–H groups in total. The molecule has 0 aliphatic rings. The van der Waals surface area contributed by atoms with Gasteiger partial charge in [0.25, 0.3) is 0 Å². The number of carbonyl (C=O) groups is 2. The molecule has 0 rings (SSSR count). The van der Waals surface area contributed by atoms with Crippen LogP contribution >= 0.6 is 0 Å². The summed E-state index contributed by atoms with van der Waals surface area (Å²) in [4.78, 5) is 24.6. The number of aliphatic hydroxyl groups is 1. The second kappa shape index (κ2) is 69.5. The van der Waals surface area contributed by atoms with Crippen molar-refractivity contribution in [2.75, 3.05) is 13.2 Å². The lowest BCUT2D eigenvalue weighted by Gasteiger charge is -2.15. The number of unbranched alkanes of at least 4 members (excludes halogenated alkanes) is 12. The van der Waals surface area contributed by atoms with Crippen molar-refractivity contribution in [1.82, 2.24) is 0 Å². The van der Waals surface area contributed by atoms with E-state index in [1.165, 1.54) is 51.4 Å². The van der Waals surface area contributed by atoms with Crippen molar-refractivity contribution in [2.24, 2.45) is 0 Å². The van der Waals surface area contributed by atoms with Gasteiger partial charge < -0.3 is 14.6 Å². The van der Waals surface area contributed by atoms with E-state index in [2.05, 4.69) is 233 Å². The first kappa shape index (κ1) is 76.2. The highest BCUT2D eigenvalue weighted by molar-refractivity contribution is 5.70. The van der Waals surface area contributed by atoms with Gasteiger partial charge in [0.1, 0.15) is 6.61 Å². The topological polar surface area (TPSA) is 72.8 Å². The quantitative estimate of drug-likeness (QED) is 0.0373. The minimum absolute atomic E-state index is 0.101. The Bertz CT molecular complexity index is 1990. The zero-order chi connectivity index (χ0) is 59.1. The van der Waals surface area contributed by atoms with E-state index in [0.29, 0.717) is 12.8 Å². The standard InChI is InChI=1S/C77H116O5/c1-3-5-7-9-11-13-15-17-19-21-23-25-27-29-31-33-35-37-38-40-41-43-45-47-49-51-53-55-57-59-61-63-65-67-69-71-76(79)81-74-75(73-78)82-77(80)72-70-68-66-64-62-60-58-56-54-52-50-48-46-44-42-39-36-34-32-30-28-26-24-22-20-18-16-14-12-10-8-6-4-2/h5-8,11-14,17-20,23-26,29-32,35-37,39-41,44-47,50,52,56,58,62,64,75,78H,3-4,9-10,15-16,21-22,27-28,33-34,38,42-43,48-49,51,53-55,57,59-61,63,65-74H2,1-2H3/b7-5-,8-6-,13-11-,14-12-,19-17-,20-18-,25-23-,26-24-,31-29-,32-30-,37-35-,39-36-,41-40-,46-44-,47-45-,52-50-,58-56-,64-62-. The summed E-state index contributed by atoms with van der Waals surface area (Å²) in [6, 6.07) is 0. The first-order chi connectivity index (χ1) is 40.6. The Morgan fingerprint density at radius 3 is 0.756 bits per heavy atom. The fourth-order valence-electron chi connectivity index (χ4n) is 8.01. The fourth-order valence-corrected chi connectivity index (χ4v) is 8.01. The Hall–Kier alpha value is -5.78. The average Bonchev–Trinajstić information content (AvgIpc) is 3.49. The Morgan fingerprint density at radius 1 is 0.280 bits per heavy atom. The molecule has 1 atom stereocenters. The minimum atomic E-state index is -0.817. The summed E-state index contributed by atoms with van der Waals surface area (Å²) in [6.45, 7) is 3.86. The smallest absolute Gasteiger partial charge is 0.306 e. The molecule has 5 nitrogen and oxygen atoms in total. The summed E-state index contributed by atoms with van der Waals surface area (Å²) in [5.41, 5.74) is 0. The van der Waals surface area contributed by atoms with Crippen LogP contribution in [0.4, 0.5) is 0 Å².